The van der Waals surface area contributed by atoms with Gasteiger partial charge in [0.15, 0.2) is 0 Å². The number of allylic oxidation sites excluding steroid dienone is 1. The van der Waals surface area contributed by atoms with E-state index in [0.29, 0.717) is 0 Å². The number of rotatable bonds is 1. The van der Waals surface area contributed by atoms with Crippen molar-refractivity contribution in [2.75, 3.05) is 0 Å². The van der Waals surface area contributed by atoms with Crippen LogP contribution in [0.15, 0.2) is 12.3 Å². The van der Waals surface area contributed by atoms with Crippen LogP contribution in [0.5, 0.6) is 0 Å². The Kier molecular flexibility index (Phi) is 1.22. The summed E-state index contributed by atoms with van der Waals surface area (Å²) < 4.78 is 0. The first kappa shape index (κ1) is 5.33. The molecule has 0 aromatic rings. The van der Waals surface area contributed by atoms with E-state index in [9.17, 15) is 0 Å². The normalized spacial score (nSPS) is 34.0. The molecule has 1 heteroatoms. The first-order chi connectivity index (χ1) is 4.47. The Hall–Kier alpha value is -0.460. The highest BCUT2D eigenvalue weighted by Gasteiger charge is 2.29. The van der Waals surface area contributed by atoms with Crippen LogP contribution in [0.25, 0.3) is 0 Å². The Morgan fingerprint density at radius 3 is 2.89 bits per heavy atom. The fourth-order valence-electron chi connectivity index (χ4n) is 1.32. The van der Waals surface area contributed by atoms with Crippen molar-refractivity contribution >= 4 is 0 Å². The van der Waals surface area contributed by atoms with E-state index in [-0.39, 0.29) is 0 Å². The Morgan fingerprint density at radius 2 is 2.33 bits per heavy atom. The second kappa shape index (κ2) is 2.05. The molecule has 1 saturated carbocycles. The predicted molar refractivity (Wildman–Crippen MR) is 36.3 cm³/mol. The van der Waals surface area contributed by atoms with Crippen LogP contribution in [0.1, 0.15) is 19.3 Å². The molecular weight excluding hydrogens is 110 g/mol. The minimum Gasteiger partial charge on any atom is -0.381 e. The predicted octanol–water partition coefficient (Wildman–Crippen LogP) is 1.56. The zero-order chi connectivity index (χ0) is 6.10. The SMILES string of the molecule is [C]1CC(C2CC2)C=CN1. The first-order valence-electron chi connectivity index (χ1n) is 3.62. The molecule has 1 fully saturated rings. The van der Waals surface area contributed by atoms with Gasteiger partial charge in [-0.15, -0.1) is 0 Å². The highest BCUT2D eigenvalue weighted by atomic mass is 14.8. The summed E-state index contributed by atoms with van der Waals surface area (Å²) in [6.07, 6.45) is 8.27. The summed E-state index contributed by atoms with van der Waals surface area (Å²) >= 11 is 0. The van der Waals surface area contributed by atoms with E-state index in [2.05, 4.69) is 17.9 Å². The summed E-state index contributed by atoms with van der Waals surface area (Å²) in [5, 5.41) is 2.97. The van der Waals surface area contributed by atoms with Crippen LogP contribution in [0.2, 0.25) is 0 Å². The topological polar surface area (TPSA) is 12.0 Å². The molecule has 1 atom stereocenters. The van der Waals surface area contributed by atoms with Gasteiger partial charge in [0.1, 0.15) is 0 Å². The lowest BCUT2D eigenvalue weighted by molar-refractivity contribution is 0.529. The average Bonchev–Trinajstić information content (AvgIpc) is 2.71. The van der Waals surface area contributed by atoms with Gasteiger partial charge < -0.3 is 5.32 Å². The van der Waals surface area contributed by atoms with Gasteiger partial charge in [0.05, 0.1) is 6.54 Å². The lowest BCUT2D eigenvalue weighted by Gasteiger charge is -2.14. The molecule has 48 valence electrons. The maximum atomic E-state index is 3.12. The van der Waals surface area contributed by atoms with E-state index < -0.39 is 0 Å². The molecule has 0 aromatic heterocycles. The van der Waals surface area contributed by atoms with Gasteiger partial charge >= 0.3 is 0 Å². The maximum Gasteiger partial charge on any atom is 0.0881 e. The van der Waals surface area contributed by atoms with Crippen LogP contribution in [0, 0.1) is 18.4 Å². The van der Waals surface area contributed by atoms with Crippen LogP contribution in [-0.2, 0) is 0 Å². The van der Waals surface area contributed by atoms with Gasteiger partial charge in [-0.25, -0.2) is 0 Å². The second-order valence-electron chi connectivity index (χ2n) is 2.89. The molecule has 0 bridgehead atoms. The van der Waals surface area contributed by atoms with Gasteiger partial charge in [0.2, 0.25) is 0 Å². The molecule has 0 saturated heterocycles. The second-order valence-corrected chi connectivity index (χ2v) is 2.89. The van der Waals surface area contributed by atoms with Crippen LogP contribution in [0.3, 0.4) is 0 Å². The molecule has 0 amide bonds. The fourth-order valence-corrected chi connectivity index (χ4v) is 1.32. The first-order valence-corrected chi connectivity index (χ1v) is 3.62. The van der Waals surface area contributed by atoms with Crippen LogP contribution >= 0.6 is 0 Å². The van der Waals surface area contributed by atoms with Gasteiger partial charge in [-0.05, 0) is 37.3 Å². The highest BCUT2D eigenvalue weighted by molar-refractivity contribution is 5.01. The largest absolute Gasteiger partial charge is 0.381 e. The van der Waals surface area contributed by atoms with E-state index >= 15 is 0 Å². The summed E-state index contributed by atoms with van der Waals surface area (Å²) in [4.78, 5) is 0. The average molecular weight is 121 g/mol. The third-order valence-electron chi connectivity index (χ3n) is 2.09. The van der Waals surface area contributed by atoms with Gasteiger partial charge in [-0.1, -0.05) is 6.08 Å². The molecule has 1 nitrogen and oxygen atoms in total. The molecular formula is C8H11N. The summed E-state index contributed by atoms with van der Waals surface area (Å²) in [5.74, 6) is 1.81. The van der Waals surface area contributed by atoms with E-state index in [1.165, 1.54) is 12.8 Å². The summed E-state index contributed by atoms with van der Waals surface area (Å²) in [7, 11) is 0. The number of hydrogen-bond donors (Lipinski definition) is 1. The van der Waals surface area contributed by atoms with Crippen molar-refractivity contribution in [3.05, 3.63) is 18.8 Å². The van der Waals surface area contributed by atoms with Crippen molar-refractivity contribution in [1.29, 1.82) is 0 Å². The lowest BCUT2D eigenvalue weighted by Crippen LogP contribution is -2.13. The van der Waals surface area contributed by atoms with Crippen LogP contribution < -0.4 is 5.32 Å². The van der Waals surface area contributed by atoms with Gasteiger partial charge in [0.25, 0.3) is 0 Å². The quantitative estimate of drug-likeness (QED) is 0.555. The molecule has 2 aliphatic rings. The van der Waals surface area contributed by atoms with Crippen molar-refractivity contribution < 1.29 is 0 Å². The summed E-state index contributed by atoms with van der Waals surface area (Å²) in [6.45, 7) is 3.12. The molecule has 1 N–H and O–H groups in total. The molecule has 2 radical (unpaired) electrons. The number of hydrogen-bond acceptors (Lipinski definition) is 1. The Labute approximate surface area is 56.1 Å². The third kappa shape index (κ3) is 1.09. The standard InChI is InChI=1S/C8H11N/c1-2-7(1)8-3-5-9-6-4-8/h3,5,7-9H,1-2,4H2. The minimum absolute atomic E-state index is 0.811. The van der Waals surface area contributed by atoms with Crippen molar-refractivity contribution in [2.45, 2.75) is 19.3 Å². The smallest absolute Gasteiger partial charge is 0.0881 e. The Bertz CT molecular complexity index is 125. The van der Waals surface area contributed by atoms with Crippen LogP contribution in [0.4, 0.5) is 0 Å². The zero-order valence-electron chi connectivity index (χ0n) is 5.43. The van der Waals surface area contributed by atoms with E-state index in [4.69, 9.17) is 0 Å². The van der Waals surface area contributed by atoms with Crippen molar-refractivity contribution in [3.63, 3.8) is 0 Å². The molecule has 9 heavy (non-hydrogen) atoms. The summed E-state index contributed by atoms with van der Waals surface area (Å²) in [5.41, 5.74) is 0. The molecule has 1 heterocycles. The molecule has 0 aromatic carbocycles. The van der Waals surface area contributed by atoms with E-state index in [1.807, 2.05) is 6.20 Å². The van der Waals surface area contributed by atoms with Gasteiger partial charge in [0, 0.05) is 0 Å². The Balaban J connectivity index is 1.94. The maximum absolute atomic E-state index is 3.12. The number of nitrogens with one attached hydrogen (secondary N) is 1. The lowest BCUT2D eigenvalue weighted by atomic mass is 9.98. The highest BCUT2D eigenvalue weighted by Crippen LogP contribution is 2.40. The molecule has 0 spiro atoms. The molecule has 1 aliphatic carbocycles. The van der Waals surface area contributed by atoms with E-state index in [0.717, 1.165) is 18.3 Å². The van der Waals surface area contributed by atoms with Gasteiger partial charge in [-0.3, -0.25) is 0 Å². The van der Waals surface area contributed by atoms with Gasteiger partial charge in [-0.2, -0.15) is 0 Å². The minimum atomic E-state index is 0.811. The van der Waals surface area contributed by atoms with Crippen molar-refractivity contribution in [1.82, 2.24) is 5.32 Å². The van der Waals surface area contributed by atoms with E-state index in [1.54, 1.807) is 0 Å². The molecule has 1 unspecified atom stereocenters. The van der Waals surface area contributed by atoms with Crippen molar-refractivity contribution in [3.8, 4) is 0 Å². The summed E-state index contributed by atoms with van der Waals surface area (Å²) in [6, 6.07) is 0. The zero-order valence-corrected chi connectivity index (χ0v) is 5.43. The Morgan fingerprint density at radius 1 is 1.44 bits per heavy atom. The third-order valence-corrected chi connectivity index (χ3v) is 2.09. The molecule has 1 aliphatic heterocycles. The van der Waals surface area contributed by atoms with Crippen LogP contribution in [-0.4, -0.2) is 0 Å². The molecule has 2 rings (SSSR count). The monoisotopic (exact) mass is 121 g/mol. The van der Waals surface area contributed by atoms with Crippen molar-refractivity contribution in [2.24, 2.45) is 11.8 Å². The fraction of sp³-hybridized carbons (Fsp3) is 0.625.